The molecule has 114 valence electrons. The fourth-order valence-electron chi connectivity index (χ4n) is 2.65. The molecule has 0 spiro atoms. The van der Waals surface area contributed by atoms with Gasteiger partial charge in [-0.15, -0.1) is 23.7 Å². The summed E-state index contributed by atoms with van der Waals surface area (Å²) in [6, 6.07) is 0.598. The summed E-state index contributed by atoms with van der Waals surface area (Å²) < 4.78 is 5.38. The van der Waals surface area contributed by atoms with Crippen LogP contribution in [0.3, 0.4) is 0 Å². The number of anilines is 1. The average molecular weight is 319 g/mol. The van der Waals surface area contributed by atoms with Crippen molar-refractivity contribution in [2.24, 2.45) is 0 Å². The zero-order valence-electron chi connectivity index (χ0n) is 11.9. The van der Waals surface area contributed by atoms with E-state index in [9.17, 15) is 0 Å². The number of ether oxygens (including phenoxy) is 1. The van der Waals surface area contributed by atoms with Gasteiger partial charge in [-0.05, 0) is 6.92 Å². The van der Waals surface area contributed by atoms with Crippen molar-refractivity contribution in [2.75, 3.05) is 50.8 Å². The number of morpholine rings is 1. The molecule has 2 aliphatic rings. The normalized spacial score (nSPS) is 24.4. The lowest BCUT2D eigenvalue weighted by Gasteiger charge is -2.31. The molecule has 0 saturated carbocycles. The van der Waals surface area contributed by atoms with Gasteiger partial charge in [-0.25, -0.2) is 4.98 Å². The smallest absolute Gasteiger partial charge is 0.185 e. The third-order valence-electron chi connectivity index (χ3n) is 3.66. The summed E-state index contributed by atoms with van der Waals surface area (Å²) in [5.74, 6) is 0. The minimum Gasteiger partial charge on any atom is -0.378 e. The van der Waals surface area contributed by atoms with Crippen LogP contribution < -0.4 is 10.2 Å². The zero-order chi connectivity index (χ0) is 13.1. The lowest BCUT2D eigenvalue weighted by Crippen LogP contribution is -2.48. The van der Waals surface area contributed by atoms with Gasteiger partial charge in [0.25, 0.3) is 0 Å². The van der Waals surface area contributed by atoms with E-state index in [-0.39, 0.29) is 12.4 Å². The average Bonchev–Trinajstić information content (AvgIpc) is 2.88. The Morgan fingerprint density at radius 2 is 2.20 bits per heavy atom. The van der Waals surface area contributed by atoms with Crippen molar-refractivity contribution in [2.45, 2.75) is 19.5 Å². The number of hydrogen-bond donors (Lipinski definition) is 1. The summed E-state index contributed by atoms with van der Waals surface area (Å²) in [5, 5.41) is 4.63. The second-order valence-electron chi connectivity index (χ2n) is 5.30. The van der Waals surface area contributed by atoms with E-state index < -0.39 is 0 Å². The monoisotopic (exact) mass is 318 g/mol. The van der Waals surface area contributed by atoms with Gasteiger partial charge in [0.05, 0.1) is 13.2 Å². The number of aromatic nitrogens is 1. The number of piperazine rings is 1. The third-order valence-corrected chi connectivity index (χ3v) is 4.70. The molecule has 0 aromatic carbocycles. The van der Waals surface area contributed by atoms with Crippen molar-refractivity contribution < 1.29 is 4.74 Å². The Bertz CT molecular complexity index is 411. The molecule has 1 aromatic rings. The zero-order valence-corrected chi connectivity index (χ0v) is 13.5. The van der Waals surface area contributed by atoms with E-state index in [0.29, 0.717) is 6.04 Å². The Labute approximate surface area is 130 Å². The Hall–Kier alpha value is -0.400. The van der Waals surface area contributed by atoms with E-state index in [1.807, 2.05) is 17.5 Å². The predicted molar refractivity (Wildman–Crippen MR) is 85.1 cm³/mol. The Morgan fingerprint density at radius 3 is 2.95 bits per heavy atom. The summed E-state index contributed by atoms with van der Waals surface area (Å²) >= 11 is 1.83. The fourth-order valence-corrected chi connectivity index (χ4v) is 3.65. The maximum absolute atomic E-state index is 5.38. The van der Waals surface area contributed by atoms with Gasteiger partial charge in [-0.1, -0.05) is 0 Å². The van der Waals surface area contributed by atoms with Crippen molar-refractivity contribution in [3.05, 3.63) is 11.1 Å². The molecule has 2 saturated heterocycles. The van der Waals surface area contributed by atoms with E-state index in [1.165, 1.54) is 4.88 Å². The molecule has 0 amide bonds. The molecule has 0 unspecified atom stereocenters. The molecular formula is C13H23ClN4OS. The summed E-state index contributed by atoms with van der Waals surface area (Å²) in [6.07, 6.45) is 2.04. The Kier molecular flexibility index (Phi) is 6.04. The topological polar surface area (TPSA) is 40.6 Å². The molecule has 0 radical (unpaired) electrons. The lowest BCUT2D eigenvalue weighted by molar-refractivity contribution is 0.122. The molecule has 0 aliphatic carbocycles. The number of nitrogens with one attached hydrogen (secondary N) is 1. The number of thiazole rings is 1. The largest absolute Gasteiger partial charge is 0.378 e. The highest BCUT2D eigenvalue weighted by atomic mass is 35.5. The maximum Gasteiger partial charge on any atom is 0.185 e. The third kappa shape index (κ3) is 4.05. The fraction of sp³-hybridized carbons (Fsp3) is 0.769. The van der Waals surface area contributed by atoms with Crippen LogP contribution in [0.15, 0.2) is 6.20 Å². The second kappa shape index (κ2) is 7.56. The molecule has 2 aliphatic heterocycles. The Balaban J connectivity index is 0.00000147. The second-order valence-corrected chi connectivity index (χ2v) is 6.39. The SMILES string of the molecule is C[C@H]1CN(Cc2cnc(N3CCOCC3)s2)CCN1.Cl. The standard InChI is InChI=1S/C13H22N4OS.ClH/c1-11-9-16(3-2-14-11)10-12-8-15-13(19-12)17-4-6-18-7-5-17;/h8,11,14H,2-7,9-10H2,1H3;1H/t11-;/m0./s1. The molecule has 5 nitrogen and oxygen atoms in total. The first kappa shape index (κ1) is 16.0. The van der Waals surface area contributed by atoms with Gasteiger partial charge < -0.3 is 15.0 Å². The van der Waals surface area contributed by atoms with Crippen molar-refractivity contribution >= 4 is 28.9 Å². The highest BCUT2D eigenvalue weighted by molar-refractivity contribution is 7.15. The van der Waals surface area contributed by atoms with Gasteiger partial charge in [0.1, 0.15) is 0 Å². The van der Waals surface area contributed by atoms with Gasteiger partial charge in [-0.2, -0.15) is 0 Å². The molecule has 3 rings (SSSR count). The van der Waals surface area contributed by atoms with Gasteiger partial charge >= 0.3 is 0 Å². The maximum atomic E-state index is 5.38. The number of nitrogens with zero attached hydrogens (tertiary/aromatic N) is 3. The first-order chi connectivity index (χ1) is 9.31. The van der Waals surface area contributed by atoms with Crippen molar-refractivity contribution in [1.29, 1.82) is 0 Å². The molecule has 1 aromatic heterocycles. The van der Waals surface area contributed by atoms with Crippen LogP contribution in [-0.4, -0.2) is 61.9 Å². The van der Waals surface area contributed by atoms with Crippen LogP contribution in [-0.2, 0) is 11.3 Å². The van der Waals surface area contributed by atoms with Crippen LogP contribution in [0.1, 0.15) is 11.8 Å². The lowest BCUT2D eigenvalue weighted by atomic mass is 10.2. The van der Waals surface area contributed by atoms with Crippen LogP contribution in [0, 0.1) is 0 Å². The van der Waals surface area contributed by atoms with Crippen molar-refractivity contribution in [3.8, 4) is 0 Å². The van der Waals surface area contributed by atoms with Crippen LogP contribution in [0.25, 0.3) is 0 Å². The number of rotatable bonds is 3. The minimum atomic E-state index is 0. The summed E-state index contributed by atoms with van der Waals surface area (Å²) in [4.78, 5) is 10.8. The first-order valence-corrected chi connectivity index (χ1v) is 7.86. The predicted octanol–water partition coefficient (Wildman–Crippen LogP) is 1.20. The minimum absolute atomic E-state index is 0. The quantitative estimate of drug-likeness (QED) is 0.907. The summed E-state index contributed by atoms with van der Waals surface area (Å²) in [6.45, 7) is 10.2. The molecular weight excluding hydrogens is 296 g/mol. The molecule has 7 heteroatoms. The van der Waals surface area contributed by atoms with E-state index in [1.54, 1.807) is 0 Å². The molecule has 2 fully saturated rings. The number of halogens is 1. The van der Waals surface area contributed by atoms with Gasteiger partial charge in [0.15, 0.2) is 5.13 Å². The van der Waals surface area contributed by atoms with E-state index in [2.05, 4.69) is 27.0 Å². The first-order valence-electron chi connectivity index (χ1n) is 7.04. The Morgan fingerprint density at radius 1 is 1.40 bits per heavy atom. The van der Waals surface area contributed by atoms with E-state index in [4.69, 9.17) is 4.74 Å². The van der Waals surface area contributed by atoms with Gasteiger partial charge in [0, 0.05) is 56.4 Å². The van der Waals surface area contributed by atoms with E-state index in [0.717, 1.165) is 57.6 Å². The van der Waals surface area contributed by atoms with E-state index >= 15 is 0 Å². The molecule has 0 bridgehead atoms. The molecule has 3 heterocycles. The van der Waals surface area contributed by atoms with Crippen molar-refractivity contribution in [1.82, 2.24) is 15.2 Å². The summed E-state index contributed by atoms with van der Waals surface area (Å²) in [7, 11) is 0. The highest BCUT2D eigenvalue weighted by Crippen LogP contribution is 2.24. The van der Waals surface area contributed by atoms with Crippen LogP contribution >= 0.6 is 23.7 Å². The number of hydrogen-bond acceptors (Lipinski definition) is 6. The van der Waals surface area contributed by atoms with Gasteiger partial charge in [0.2, 0.25) is 0 Å². The van der Waals surface area contributed by atoms with Gasteiger partial charge in [-0.3, -0.25) is 4.90 Å². The highest BCUT2D eigenvalue weighted by Gasteiger charge is 2.18. The summed E-state index contributed by atoms with van der Waals surface area (Å²) in [5.41, 5.74) is 0. The van der Waals surface area contributed by atoms with Crippen LogP contribution in [0.4, 0.5) is 5.13 Å². The molecule has 1 N–H and O–H groups in total. The molecule has 1 atom stereocenters. The van der Waals surface area contributed by atoms with Crippen LogP contribution in [0.2, 0.25) is 0 Å². The van der Waals surface area contributed by atoms with Crippen molar-refractivity contribution in [3.63, 3.8) is 0 Å². The molecule has 20 heavy (non-hydrogen) atoms. The van der Waals surface area contributed by atoms with Crippen LogP contribution in [0.5, 0.6) is 0 Å².